The van der Waals surface area contributed by atoms with E-state index in [9.17, 15) is 8.42 Å². The molecule has 148 valence electrons. The minimum Gasteiger partial charge on any atom is -0.296 e. The molecule has 4 aromatic rings. The lowest BCUT2D eigenvalue weighted by Gasteiger charge is -2.34. The van der Waals surface area contributed by atoms with E-state index in [4.69, 9.17) is 4.63 Å². The Morgan fingerprint density at radius 1 is 0.862 bits per heavy atom. The number of benzene rings is 3. The van der Waals surface area contributed by atoms with Gasteiger partial charge in [-0.3, -0.25) is 4.90 Å². The number of hydrogen-bond acceptors (Lipinski definition) is 6. The van der Waals surface area contributed by atoms with Crippen molar-refractivity contribution in [3.05, 3.63) is 66.2 Å². The van der Waals surface area contributed by atoms with Crippen molar-refractivity contribution < 1.29 is 13.0 Å². The maximum Gasteiger partial charge on any atom is 0.245 e. The molecular formula is C21H20N4O3S. The molecule has 1 aliphatic heterocycles. The first-order chi connectivity index (χ1) is 14.1. The van der Waals surface area contributed by atoms with Gasteiger partial charge in [-0.15, -0.1) is 0 Å². The van der Waals surface area contributed by atoms with Gasteiger partial charge in [0, 0.05) is 32.7 Å². The summed E-state index contributed by atoms with van der Waals surface area (Å²) in [5.41, 5.74) is 1.99. The highest BCUT2D eigenvalue weighted by Gasteiger charge is 2.31. The van der Waals surface area contributed by atoms with E-state index in [2.05, 4.69) is 51.6 Å². The Labute approximate surface area is 168 Å². The predicted octanol–water partition coefficient (Wildman–Crippen LogP) is 2.88. The molecule has 0 bridgehead atoms. The first kappa shape index (κ1) is 18.2. The van der Waals surface area contributed by atoms with Crippen LogP contribution < -0.4 is 0 Å². The SMILES string of the molecule is O=S(=O)(c1cccc2nonc12)N1CCN(Cc2cccc3ccccc23)CC1. The Kier molecular flexibility index (Phi) is 4.54. The zero-order valence-corrected chi connectivity index (χ0v) is 16.5. The highest BCUT2D eigenvalue weighted by Crippen LogP contribution is 2.25. The highest BCUT2D eigenvalue weighted by atomic mass is 32.2. The zero-order chi connectivity index (χ0) is 19.8. The summed E-state index contributed by atoms with van der Waals surface area (Å²) in [5, 5.41) is 9.99. The second kappa shape index (κ2) is 7.22. The topological polar surface area (TPSA) is 79.5 Å². The van der Waals surface area contributed by atoms with Gasteiger partial charge in [-0.2, -0.15) is 4.31 Å². The van der Waals surface area contributed by atoms with E-state index < -0.39 is 10.0 Å². The lowest BCUT2D eigenvalue weighted by molar-refractivity contribution is 0.182. The van der Waals surface area contributed by atoms with Gasteiger partial charge in [-0.1, -0.05) is 48.5 Å². The summed E-state index contributed by atoms with van der Waals surface area (Å²) in [5.74, 6) is 0. The smallest absolute Gasteiger partial charge is 0.245 e. The number of nitrogens with zero attached hydrogens (tertiary/aromatic N) is 4. The number of aromatic nitrogens is 2. The van der Waals surface area contributed by atoms with Gasteiger partial charge in [0.05, 0.1) is 0 Å². The van der Waals surface area contributed by atoms with Crippen LogP contribution in [0, 0.1) is 0 Å². The van der Waals surface area contributed by atoms with Crippen LogP contribution in [0.4, 0.5) is 0 Å². The van der Waals surface area contributed by atoms with Gasteiger partial charge in [0.15, 0.2) is 5.52 Å². The second-order valence-corrected chi connectivity index (χ2v) is 9.11. The van der Waals surface area contributed by atoms with Crippen LogP contribution in [0.1, 0.15) is 5.56 Å². The third kappa shape index (κ3) is 3.29. The van der Waals surface area contributed by atoms with Gasteiger partial charge in [0.2, 0.25) is 10.0 Å². The molecular weight excluding hydrogens is 388 g/mol. The van der Waals surface area contributed by atoms with Crippen molar-refractivity contribution >= 4 is 31.8 Å². The summed E-state index contributed by atoms with van der Waals surface area (Å²) in [4.78, 5) is 2.45. The Morgan fingerprint density at radius 2 is 1.62 bits per heavy atom. The third-order valence-corrected chi connectivity index (χ3v) is 7.40. The third-order valence-electron chi connectivity index (χ3n) is 5.47. The predicted molar refractivity (Wildman–Crippen MR) is 110 cm³/mol. The molecule has 1 fully saturated rings. The zero-order valence-electron chi connectivity index (χ0n) is 15.7. The number of fused-ring (bicyclic) bond motifs is 2. The van der Waals surface area contributed by atoms with Crippen LogP contribution in [0.25, 0.3) is 21.8 Å². The van der Waals surface area contributed by atoms with E-state index >= 15 is 0 Å². The Bertz CT molecular complexity index is 1270. The number of rotatable bonds is 4. The Morgan fingerprint density at radius 3 is 2.48 bits per heavy atom. The molecule has 0 atom stereocenters. The minimum atomic E-state index is -3.65. The molecule has 29 heavy (non-hydrogen) atoms. The summed E-state index contributed by atoms with van der Waals surface area (Å²) >= 11 is 0. The van der Waals surface area contributed by atoms with Gasteiger partial charge in [0.1, 0.15) is 10.4 Å². The molecule has 0 N–H and O–H groups in total. The average Bonchev–Trinajstić information content (AvgIpc) is 3.23. The van der Waals surface area contributed by atoms with Crippen molar-refractivity contribution in [3.63, 3.8) is 0 Å². The second-order valence-electron chi connectivity index (χ2n) is 7.21. The van der Waals surface area contributed by atoms with E-state index in [1.807, 2.05) is 6.07 Å². The lowest BCUT2D eigenvalue weighted by Crippen LogP contribution is -2.48. The van der Waals surface area contributed by atoms with Gasteiger partial charge in [-0.05, 0) is 38.8 Å². The number of sulfonamides is 1. The van der Waals surface area contributed by atoms with Crippen molar-refractivity contribution in [2.45, 2.75) is 11.4 Å². The van der Waals surface area contributed by atoms with Crippen molar-refractivity contribution in [2.24, 2.45) is 0 Å². The molecule has 2 heterocycles. The van der Waals surface area contributed by atoms with Gasteiger partial charge < -0.3 is 0 Å². The van der Waals surface area contributed by atoms with Crippen molar-refractivity contribution in [2.75, 3.05) is 26.2 Å². The molecule has 8 heteroatoms. The van der Waals surface area contributed by atoms with Crippen LogP contribution in [0.2, 0.25) is 0 Å². The minimum absolute atomic E-state index is 0.152. The van der Waals surface area contributed by atoms with Crippen LogP contribution in [-0.4, -0.2) is 54.1 Å². The van der Waals surface area contributed by atoms with E-state index in [-0.39, 0.29) is 10.4 Å². The van der Waals surface area contributed by atoms with Crippen LogP contribution in [0.15, 0.2) is 70.2 Å². The molecule has 1 aromatic heterocycles. The monoisotopic (exact) mass is 408 g/mol. The molecule has 0 amide bonds. The lowest BCUT2D eigenvalue weighted by atomic mass is 10.0. The molecule has 1 saturated heterocycles. The van der Waals surface area contributed by atoms with Crippen LogP contribution >= 0.6 is 0 Å². The van der Waals surface area contributed by atoms with Crippen LogP contribution in [-0.2, 0) is 16.6 Å². The standard InChI is InChI=1S/C21H20N4O3S/c26-29(27,20-10-4-9-19-21(20)23-28-22-19)25-13-11-24(12-14-25)15-17-7-3-6-16-5-1-2-8-18(16)17/h1-10H,11-15H2. The summed E-state index contributed by atoms with van der Waals surface area (Å²) in [6.07, 6.45) is 0. The molecule has 7 nitrogen and oxygen atoms in total. The maximum absolute atomic E-state index is 13.1. The summed E-state index contributed by atoms with van der Waals surface area (Å²) in [6.45, 7) is 3.03. The largest absolute Gasteiger partial charge is 0.296 e. The summed E-state index contributed by atoms with van der Waals surface area (Å²) in [6, 6.07) is 19.6. The van der Waals surface area contributed by atoms with Crippen molar-refractivity contribution in [1.82, 2.24) is 19.5 Å². The van der Waals surface area contributed by atoms with Crippen LogP contribution in [0.5, 0.6) is 0 Å². The molecule has 0 saturated carbocycles. The van der Waals surface area contributed by atoms with E-state index in [1.165, 1.54) is 20.6 Å². The highest BCUT2D eigenvalue weighted by molar-refractivity contribution is 7.89. The molecule has 0 unspecified atom stereocenters. The quantitative estimate of drug-likeness (QED) is 0.517. The maximum atomic E-state index is 13.1. The molecule has 3 aromatic carbocycles. The van der Waals surface area contributed by atoms with E-state index in [0.29, 0.717) is 31.7 Å². The number of piperazine rings is 1. The Balaban J connectivity index is 1.33. The normalized spacial score (nSPS) is 16.6. The fraction of sp³-hybridized carbons (Fsp3) is 0.238. The molecule has 5 rings (SSSR count). The fourth-order valence-corrected chi connectivity index (χ4v) is 5.49. The van der Waals surface area contributed by atoms with Crippen molar-refractivity contribution in [1.29, 1.82) is 0 Å². The van der Waals surface area contributed by atoms with Crippen molar-refractivity contribution in [3.8, 4) is 0 Å². The van der Waals surface area contributed by atoms with E-state index in [0.717, 1.165) is 6.54 Å². The molecule has 0 radical (unpaired) electrons. The summed E-state index contributed by atoms with van der Waals surface area (Å²) < 4.78 is 32.5. The first-order valence-corrected chi connectivity index (χ1v) is 11.0. The van der Waals surface area contributed by atoms with Gasteiger partial charge in [-0.25, -0.2) is 13.0 Å². The fourth-order valence-electron chi connectivity index (χ4n) is 3.93. The Hall–Kier alpha value is -2.81. The van der Waals surface area contributed by atoms with Crippen LogP contribution in [0.3, 0.4) is 0 Å². The van der Waals surface area contributed by atoms with Gasteiger partial charge >= 0.3 is 0 Å². The molecule has 0 spiro atoms. The number of hydrogen-bond donors (Lipinski definition) is 0. The molecule has 1 aliphatic rings. The van der Waals surface area contributed by atoms with Gasteiger partial charge in [0.25, 0.3) is 0 Å². The summed E-state index contributed by atoms with van der Waals surface area (Å²) in [7, 11) is -3.65. The first-order valence-electron chi connectivity index (χ1n) is 9.53. The van der Waals surface area contributed by atoms with E-state index in [1.54, 1.807) is 18.2 Å². The molecule has 0 aliphatic carbocycles. The average molecular weight is 408 g/mol.